The Bertz CT molecular complexity index is 182. The molecule has 0 radical (unpaired) electrons. The predicted molar refractivity (Wildman–Crippen MR) is 50.1 cm³/mol. The van der Waals surface area contributed by atoms with Crippen molar-refractivity contribution in [3.8, 4) is 0 Å². The van der Waals surface area contributed by atoms with E-state index in [0.717, 1.165) is 0 Å². The third kappa shape index (κ3) is 6.71. The summed E-state index contributed by atoms with van der Waals surface area (Å²) in [6.07, 6.45) is 1.20. The second-order valence-corrected chi connectivity index (χ2v) is 4.75. The van der Waals surface area contributed by atoms with E-state index in [9.17, 15) is 4.79 Å². The Morgan fingerprint density at radius 3 is 2.58 bits per heavy atom. The average molecular weight is 231 g/mol. The highest BCUT2D eigenvalue weighted by atomic mass is 35.9. The Kier molecular flexibility index (Phi) is 6.54. The molecule has 0 saturated carbocycles. The van der Waals surface area contributed by atoms with Crippen molar-refractivity contribution in [3.63, 3.8) is 0 Å². The van der Waals surface area contributed by atoms with Crippen LogP contribution >= 0.6 is 29.3 Å². The molecule has 70 valence electrons. The van der Waals surface area contributed by atoms with E-state index in [1.54, 1.807) is 13.8 Å². The number of rotatable bonds is 4. The van der Waals surface area contributed by atoms with Gasteiger partial charge in [-0.05, 0) is 36.3 Å². The molecule has 0 aliphatic rings. The molecule has 0 aromatic heterocycles. The first kappa shape index (κ1) is 12.0. The van der Waals surface area contributed by atoms with E-state index < -0.39 is 12.8 Å². The highest BCUT2D eigenvalue weighted by Crippen LogP contribution is 2.49. The summed E-state index contributed by atoms with van der Waals surface area (Å²) in [7, 11) is 0. The van der Waals surface area contributed by atoms with Gasteiger partial charge in [-0.25, -0.2) is 4.79 Å². The van der Waals surface area contributed by atoms with E-state index in [1.807, 2.05) is 0 Å². The predicted octanol–water partition coefficient (Wildman–Crippen LogP) is 3.17. The molecule has 12 heavy (non-hydrogen) atoms. The minimum atomic E-state index is -1.51. The van der Waals surface area contributed by atoms with Gasteiger partial charge in [-0.15, -0.1) is 0 Å². The summed E-state index contributed by atoms with van der Waals surface area (Å²) in [5.74, 6) is -0.107. The van der Waals surface area contributed by atoms with Gasteiger partial charge in [-0.1, -0.05) is 0 Å². The van der Waals surface area contributed by atoms with Crippen molar-refractivity contribution in [2.75, 3.05) is 6.61 Å². The van der Waals surface area contributed by atoms with Crippen molar-refractivity contribution in [3.05, 3.63) is 11.8 Å². The molecule has 0 amide bonds. The molecule has 0 saturated heterocycles. The lowest BCUT2D eigenvalue weighted by Gasteiger charge is -2.03. The SMILES string of the molecule is CCOC(=O)C=C(C)OP(Cl)Cl. The number of hydrogen-bond acceptors (Lipinski definition) is 3. The van der Waals surface area contributed by atoms with Crippen LogP contribution in [0.15, 0.2) is 11.8 Å². The van der Waals surface area contributed by atoms with E-state index in [2.05, 4.69) is 4.74 Å². The van der Waals surface area contributed by atoms with Crippen LogP contribution in [-0.2, 0) is 14.1 Å². The van der Waals surface area contributed by atoms with Crippen LogP contribution in [0.25, 0.3) is 0 Å². The van der Waals surface area contributed by atoms with Crippen LogP contribution in [0.5, 0.6) is 0 Å². The number of allylic oxidation sites excluding steroid dienone is 1. The number of halogens is 2. The van der Waals surface area contributed by atoms with Gasteiger partial charge in [0.2, 0.25) is 0 Å². The van der Waals surface area contributed by atoms with Crippen LogP contribution in [0.1, 0.15) is 13.8 Å². The highest BCUT2D eigenvalue weighted by molar-refractivity contribution is 8.00. The van der Waals surface area contributed by atoms with Crippen LogP contribution < -0.4 is 0 Å². The molecular weight excluding hydrogens is 222 g/mol. The molecule has 0 unspecified atom stereocenters. The first-order chi connectivity index (χ1) is 5.56. The molecule has 0 aromatic rings. The second kappa shape index (κ2) is 6.53. The topological polar surface area (TPSA) is 35.5 Å². The molecule has 0 heterocycles. The van der Waals surface area contributed by atoms with Crippen LogP contribution in [0.3, 0.4) is 0 Å². The largest absolute Gasteiger partial charge is 0.463 e. The van der Waals surface area contributed by atoms with Crippen molar-refractivity contribution in [1.29, 1.82) is 0 Å². The van der Waals surface area contributed by atoms with Gasteiger partial charge >= 0.3 is 5.97 Å². The Morgan fingerprint density at radius 2 is 2.17 bits per heavy atom. The molecule has 0 atom stereocenters. The Morgan fingerprint density at radius 1 is 1.58 bits per heavy atom. The van der Waals surface area contributed by atoms with Crippen LogP contribution in [0, 0.1) is 0 Å². The monoisotopic (exact) mass is 230 g/mol. The molecule has 0 rings (SSSR count). The van der Waals surface area contributed by atoms with Crippen LogP contribution in [-0.4, -0.2) is 12.6 Å². The lowest BCUT2D eigenvalue weighted by atomic mass is 10.5. The van der Waals surface area contributed by atoms with E-state index in [4.69, 9.17) is 27.0 Å². The Hall–Kier alpha value is 0.0200. The molecule has 0 aliphatic carbocycles. The maximum absolute atomic E-state index is 10.8. The van der Waals surface area contributed by atoms with Crippen molar-refractivity contribution >= 4 is 35.3 Å². The number of carbonyl (C=O) groups excluding carboxylic acids is 1. The Labute approximate surface area is 82.0 Å². The fourth-order valence-corrected chi connectivity index (χ4v) is 1.41. The van der Waals surface area contributed by atoms with Crippen LogP contribution in [0.4, 0.5) is 0 Å². The van der Waals surface area contributed by atoms with Gasteiger partial charge in [0.15, 0.2) is 0 Å². The van der Waals surface area contributed by atoms with E-state index in [0.29, 0.717) is 12.4 Å². The molecule has 0 bridgehead atoms. The summed E-state index contributed by atoms with van der Waals surface area (Å²) in [6.45, 7) is 2.12. The quantitative estimate of drug-likeness (QED) is 0.322. The molecular formula is C6H9Cl2O3P. The lowest BCUT2D eigenvalue weighted by molar-refractivity contribution is -0.137. The fourth-order valence-electron chi connectivity index (χ4n) is 0.485. The number of ether oxygens (including phenoxy) is 1. The van der Waals surface area contributed by atoms with Gasteiger partial charge in [0.05, 0.1) is 12.7 Å². The normalized spacial score (nSPS) is 11.6. The third-order valence-electron chi connectivity index (χ3n) is 0.821. The Balaban J connectivity index is 3.89. The molecule has 3 nitrogen and oxygen atoms in total. The van der Waals surface area contributed by atoms with Crippen molar-refractivity contribution in [2.24, 2.45) is 0 Å². The molecule has 0 aromatic carbocycles. The summed E-state index contributed by atoms with van der Waals surface area (Å²) in [4.78, 5) is 10.8. The molecule has 0 aliphatic heterocycles. The van der Waals surface area contributed by atoms with E-state index in [-0.39, 0.29) is 0 Å². The number of hydrogen-bond donors (Lipinski definition) is 0. The first-order valence-corrected chi connectivity index (χ1v) is 6.28. The standard InChI is InChI=1S/C6H9Cl2O3P/c1-3-10-6(9)4-5(2)11-12(7)8/h4H,3H2,1-2H3. The smallest absolute Gasteiger partial charge is 0.334 e. The molecule has 0 N–H and O–H groups in total. The first-order valence-electron chi connectivity index (χ1n) is 3.21. The number of carbonyl (C=O) groups is 1. The average Bonchev–Trinajstić information content (AvgIpc) is 1.84. The van der Waals surface area contributed by atoms with Gasteiger partial charge in [0, 0.05) is 0 Å². The zero-order valence-corrected chi connectivity index (χ0v) is 9.12. The summed E-state index contributed by atoms with van der Waals surface area (Å²) in [5, 5.41) is 0. The summed E-state index contributed by atoms with van der Waals surface area (Å²) >= 11 is 10.7. The minimum absolute atomic E-state index is 0.332. The third-order valence-corrected chi connectivity index (χ3v) is 1.66. The van der Waals surface area contributed by atoms with Gasteiger partial charge in [-0.3, -0.25) is 0 Å². The van der Waals surface area contributed by atoms with Gasteiger partial charge in [0.25, 0.3) is 6.85 Å². The van der Waals surface area contributed by atoms with Crippen molar-refractivity contribution in [2.45, 2.75) is 13.8 Å². The maximum atomic E-state index is 10.8. The molecule has 6 heteroatoms. The summed E-state index contributed by atoms with van der Waals surface area (Å²) < 4.78 is 9.44. The van der Waals surface area contributed by atoms with E-state index >= 15 is 0 Å². The zero-order valence-electron chi connectivity index (χ0n) is 6.71. The fraction of sp³-hybridized carbons (Fsp3) is 0.500. The number of esters is 1. The van der Waals surface area contributed by atoms with Gasteiger partial charge in [0.1, 0.15) is 5.76 Å². The second-order valence-electron chi connectivity index (χ2n) is 1.80. The summed E-state index contributed by atoms with van der Waals surface area (Å²) in [6, 6.07) is 0. The van der Waals surface area contributed by atoms with Crippen LogP contribution in [0.2, 0.25) is 0 Å². The van der Waals surface area contributed by atoms with Gasteiger partial charge in [-0.2, -0.15) is 0 Å². The minimum Gasteiger partial charge on any atom is -0.463 e. The van der Waals surface area contributed by atoms with Gasteiger partial charge < -0.3 is 9.26 Å². The highest BCUT2D eigenvalue weighted by Gasteiger charge is 2.03. The maximum Gasteiger partial charge on any atom is 0.334 e. The summed E-state index contributed by atoms with van der Waals surface area (Å²) in [5.41, 5.74) is 0. The molecule has 0 spiro atoms. The lowest BCUT2D eigenvalue weighted by Crippen LogP contribution is -2.00. The van der Waals surface area contributed by atoms with E-state index in [1.165, 1.54) is 6.08 Å². The van der Waals surface area contributed by atoms with Crippen molar-refractivity contribution in [1.82, 2.24) is 0 Å². The zero-order chi connectivity index (χ0) is 9.56. The molecule has 0 fully saturated rings. The van der Waals surface area contributed by atoms with Crippen molar-refractivity contribution < 1.29 is 14.1 Å².